The lowest BCUT2D eigenvalue weighted by atomic mass is 10.1. The van der Waals surface area contributed by atoms with Crippen LogP contribution in [0.3, 0.4) is 0 Å². The quantitative estimate of drug-likeness (QED) is 0.228. The van der Waals surface area contributed by atoms with Gasteiger partial charge in [0.25, 0.3) is 0 Å². The Hall–Kier alpha value is -3.56. The first-order valence-electron chi connectivity index (χ1n) is 9.66. The van der Waals surface area contributed by atoms with Crippen LogP contribution in [-0.2, 0) is 0 Å². The Morgan fingerprint density at radius 1 is 0.871 bits per heavy atom. The highest BCUT2D eigenvalue weighted by molar-refractivity contribution is 8.01. The summed E-state index contributed by atoms with van der Waals surface area (Å²) in [5.41, 5.74) is 24.2. The van der Waals surface area contributed by atoms with Crippen LogP contribution in [0.15, 0.2) is 117 Å². The summed E-state index contributed by atoms with van der Waals surface area (Å²) in [6, 6.07) is 16.9. The molecule has 150 valence electrons. The summed E-state index contributed by atoms with van der Waals surface area (Å²) >= 11 is 3.76. The Balaban J connectivity index is 0.000000267. The molecule has 3 aromatic rings. The van der Waals surface area contributed by atoms with Gasteiger partial charge in [-0.15, -0.1) is 23.1 Å². The van der Waals surface area contributed by atoms with Crippen LogP contribution in [0.5, 0.6) is 0 Å². The van der Waals surface area contributed by atoms with E-state index in [1.165, 1.54) is 33.8 Å². The summed E-state index contributed by atoms with van der Waals surface area (Å²) in [5.74, 6) is 1.20. The molecule has 0 saturated carbocycles. The van der Waals surface area contributed by atoms with Crippen molar-refractivity contribution < 1.29 is 0 Å². The highest BCUT2D eigenvalue weighted by Gasteiger charge is 2.06. The molecule has 0 radical (unpaired) electrons. The maximum absolute atomic E-state index is 4.80. The first-order valence-corrected chi connectivity index (χ1v) is 11.5. The normalized spacial score (nSPS) is 8.42. The summed E-state index contributed by atoms with van der Waals surface area (Å²) in [7, 11) is 0. The lowest BCUT2D eigenvalue weighted by Gasteiger charge is -1.99. The van der Waals surface area contributed by atoms with Crippen LogP contribution in [0, 0.1) is 0 Å². The number of pyridine rings is 1. The standard InChI is InChI=1S/C17H17NS2.C11H4/c1-2-3-11-19-16-12-14-9-10-15(18-17(14)20-16)13-7-5-4-6-8-13;1-3-5-7-9-11-10-8-6-4-2/h4-10,12H,2-3,11H2,1H3;1-2H2. The van der Waals surface area contributed by atoms with Gasteiger partial charge in [0.15, 0.2) is 0 Å². The monoisotopic (exact) mass is 435 g/mol. The SMILES string of the molecule is C=C=C=C=C=C=C=C=C=C=C.CCCCSc1cc2ccc(-c3ccccc3)nc2s1. The fraction of sp³-hybridized carbons (Fsp3) is 0.143. The van der Waals surface area contributed by atoms with E-state index >= 15 is 0 Å². The number of hydrogen-bond acceptors (Lipinski definition) is 3. The van der Waals surface area contributed by atoms with Gasteiger partial charge in [0.1, 0.15) is 4.83 Å². The topological polar surface area (TPSA) is 12.9 Å². The van der Waals surface area contributed by atoms with Crippen LogP contribution in [-0.4, -0.2) is 10.7 Å². The van der Waals surface area contributed by atoms with Gasteiger partial charge in [-0.25, -0.2) is 4.98 Å². The van der Waals surface area contributed by atoms with E-state index in [1.54, 1.807) is 0 Å². The average Bonchev–Trinajstić information content (AvgIpc) is 3.22. The Labute approximate surface area is 192 Å². The van der Waals surface area contributed by atoms with Crippen LogP contribution in [0.25, 0.3) is 21.5 Å². The summed E-state index contributed by atoms with van der Waals surface area (Å²) in [4.78, 5) is 5.94. The van der Waals surface area contributed by atoms with Crippen molar-refractivity contribution in [3.05, 3.63) is 113 Å². The van der Waals surface area contributed by atoms with Crippen molar-refractivity contribution in [2.45, 2.75) is 24.0 Å². The van der Waals surface area contributed by atoms with Crippen LogP contribution in [0.4, 0.5) is 0 Å². The van der Waals surface area contributed by atoms with Gasteiger partial charge in [0, 0.05) is 10.9 Å². The maximum Gasteiger partial charge on any atom is 0.125 e. The zero-order valence-corrected chi connectivity index (χ0v) is 19.1. The second-order valence-corrected chi connectivity index (χ2v) is 8.38. The second-order valence-electron chi connectivity index (χ2n) is 5.95. The molecule has 0 atom stereocenters. The van der Waals surface area contributed by atoms with Crippen molar-refractivity contribution >= 4 is 33.3 Å². The summed E-state index contributed by atoms with van der Waals surface area (Å²) < 4.78 is 1.38. The number of hydrogen-bond donors (Lipinski definition) is 0. The van der Waals surface area contributed by atoms with Gasteiger partial charge < -0.3 is 0 Å². The van der Waals surface area contributed by atoms with Crippen molar-refractivity contribution in [3.63, 3.8) is 0 Å². The van der Waals surface area contributed by atoms with Gasteiger partial charge in [-0.3, -0.25) is 0 Å². The Morgan fingerprint density at radius 3 is 2.13 bits per heavy atom. The number of benzene rings is 1. The molecule has 31 heavy (non-hydrogen) atoms. The summed E-state index contributed by atoms with van der Waals surface area (Å²) in [6.07, 6.45) is 2.54. The number of nitrogens with zero attached hydrogens (tertiary/aromatic N) is 1. The molecule has 1 aromatic carbocycles. The fourth-order valence-corrected chi connectivity index (χ4v) is 4.63. The highest BCUT2D eigenvalue weighted by atomic mass is 32.2. The van der Waals surface area contributed by atoms with Gasteiger partial charge >= 0.3 is 0 Å². The van der Waals surface area contributed by atoms with Gasteiger partial charge in [0.2, 0.25) is 0 Å². The first kappa shape index (κ1) is 23.7. The molecule has 0 bridgehead atoms. The number of fused-ring (bicyclic) bond motifs is 1. The minimum absolute atomic E-state index is 1.06. The third-order valence-electron chi connectivity index (χ3n) is 3.72. The van der Waals surface area contributed by atoms with E-state index in [0.29, 0.717) is 0 Å². The van der Waals surface area contributed by atoms with E-state index in [9.17, 15) is 0 Å². The number of thiophene rings is 1. The van der Waals surface area contributed by atoms with E-state index in [1.807, 2.05) is 29.2 Å². The average molecular weight is 436 g/mol. The molecule has 1 nitrogen and oxygen atoms in total. The summed E-state index contributed by atoms with van der Waals surface area (Å²) in [5, 5.41) is 1.26. The third kappa shape index (κ3) is 8.77. The molecule has 0 spiro atoms. The van der Waals surface area contributed by atoms with Crippen LogP contribution < -0.4 is 0 Å². The van der Waals surface area contributed by atoms with Crippen molar-refractivity contribution in [3.8, 4) is 11.3 Å². The van der Waals surface area contributed by atoms with Crippen LogP contribution in [0.2, 0.25) is 0 Å². The predicted octanol–water partition coefficient (Wildman–Crippen LogP) is 8.05. The van der Waals surface area contributed by atoms with E-state index < -0.39 is 0 Å². The van der Waals surface area contributed by atoms with E-state index in [2.05, 4.69) is 114 Å². The largest absolute Gasteiger partial charge is 0.237 e. The lowest BCUT2D eigenvalue weighted by Crippen LogP contribution is -1.81. The lowest BCUT2D eigenvalue weighted by molar-refractivity contribution is 0.896. The molecule has 3 rings (SSSR count). The minimum atomic E-state index is 1.06. The molecule has 3 heteroatoms. The number of rotatable bonds is 5. The van der Waals surface area contributed by atoms with E-state index in [0.717, 1.165) is 10.5 Å². The maximum atomic E-state index is 4.80. The number of unbranched alkanes of at least 4 members (excludes halogenated alkanes) is 1. The molecule has 0 aliphatic carbocycles. The van der Waals surface area contributed by atoms with Crippen molar-refractivity contribution in [2.24, 2.45) is 0 Å². The third-order valence-corrected chi connectivity index (χ3v) is 6.06. The molecule has 2 aromatic heterocycles. The molecule has 0 fully saturated rings. The number of thioether (sulfide) groups is 1. The van der Waals surface area contributed by atoms with E-state index in [4.69, 9.17) is 4.98 Å². The Bertz CT molecular complexity index is 1300. The molecule has 2 heterocycles. The molecule has 0 N–H and O–H groups in total. The van der Waals surface area contributed by atoms with Crippen molar-refractivity contribution in [1.29, 1.82) is 0 Å². The van der Waals surface area contributed by atoms with Gasteiger partial charge in [0.05, 0.1) is 9.90 Å². The van der Waals surface area contributed by atoms with Gasteiger partial charge in [-0.2, -0.15) is 0 Å². The zero-order chi connectivity index (χ0) is 22.2. The molecule has 0 amide bonds. The van der Waals surface area contributed by atoms with Gasteiger partial charge in [-0.1, -0.05) is 55.1 Å². The minimum Gasteiger partial charge on any atom is -0.237 e. The fourth-order valence-electron chi connectivity index (χ4n) is 2.30. The Morgan fingerprint density at radius 2 is 1.52 bits per heavy atom. The highest BCUT2D eigenvalue weighted by Crippen LogP contribution is 2.33. The molecular weight excluding hydrogens is 414 g/mol. The predicted molar refractivity (Wildman–Crippen MR) is 134 cm³/mol. The van der Waals surface area contributed by atoms with Crippen molar-refractivity contribution in [2.75, 3.05) is 5.75 Å². The second kappa shape index (κ2) is 14.4. The van der Waals surface area contributed by atoms with Gasteiger partial charge in [-0.05, 0) is 83.6 Å². The van der Waals surface area contributed by atoms with Crippen molar-refractivity contribution in [1.82, 2.24) is 4.98 Å². The molecule has 0 aliphatic rings. The molecular formula is C28H21NS2. The van der Waals surface area contributed by atoms with Crippen LogP contribution >= 0.6 is 23.1 Å². The molecule has 0 aliphatic heterocycles. The summed E-state index contributed by atoms with van der Waals surface area (Å²) in [6.45, 7) is 8.79. The molecule has 0 unspecified atom stereocenters. The first-order chi connectivity index (χ1) is 15.3. The molecule has 0 saturated heterocycles. The smallest absolute Gasteiger partial charge is 0.125 e. The van der Waals surface area contributed by atoms with Crippen LogP contribution in [0.1, 0.15) is 19.8 Å². The van der Waals surface area contributed by atoms with E-state index in [-0.39, 0.29) is 0 Å². The number of aromatic nitrogens is 1. The Kier molecular flexibility index (Phi) is 11.0. The zero-order valence-electron chi connectivity index (χ0n) is 17.4.